The van der Waals surface area contributed by atoms with E-state index in [1.54, 1.807) is 11.7 Å². The highest BCUT2D eigenvalue weighted by molar-refractivity contribution is 6.31. The van der Waals surface area contributed by atoms with Crippen molar-refractivity contribution in [2.75, 3.05) is 0 Å². The van der Waals surface area contributed by atoms with Crippen LogP contribution in [0.4, 0.5) is 5.69 Å². The van der Waals surface area contributed by atoms with Gasteiger partial charge in [0.1, 0.15) is 5.69 Å². The van der Waals surface area contributed by atoms with Crippen molar-refractivity contribution >= 4 is 23.3 Å². The molecule has 2 aromatic heterocycles. The number of carboxylic acids is 1. The zero-order valence-corrected chi connectivity index (χ0v) is 12.2. The Morgan fingerprint density at radius 1 is 1.57 bits per heavy atom. The lowest BCUT2D eigenvalue weighted by molar-refractivity contribution is -0.384. The molecule has 0 saturated heterocycles. The molecule has 1 N–H and O–H groups in total. The maximum atomic E-state index is 11.2. The smallest absolute Gasteiger partial charge is 0.352 e. The van der Waals surface area contributed by atoms with Gasteiger partial charge in [-0.2, -0.15) is 5.10 Å². The summed E-state index contributed by atoms with van der Waals surface area (Å²) in [6, 6.07) is 1.02. The molecular weight excluding hydrogens is 300 g/mol. The minimum Gasteiger partial charge on any atom is -0.477 e. The van der Waals surface area contributed by atoms with E-state index in [1.165, 1.54) is 10.8 Å². The number of hydrogen-bond donors (Lipinski definition) is 1. The van der Waals surface area contributed by atoms with Gasteiger partial charge in [-0.3, -0.25) is 14.8 Å². The van der Waals surface area contributed by atoms with E-state index < -0.39 is 10.9 Å². The lowest BCUT2D eigenvalue weighted by atomic mass is 10.3. The highest BCUT2D eigenvalue weighted by atomic mass is 35.5. The van der Waals surface area contributed by atoms with Crippen molar-refractivity contribution in [3.8, 4) is 0 Å². The maximum absolute atomic E-state index is 11.2. The molecule has 0 radical (unpaired) electrons. The van der Waals surface area contributed by atoms with Crippen LogP contribution in [0.1, 0.15) is 28.8 Å². The first-order valence-corrected chi connectivity index (χ1v) is 6.51. The fourth-order valence-corrected chi connectivity index (χ4v) is 2.41. The van der Waals surface area contributed by atoms with Gasteiger partial charge >= 0.3 is 5.97 Å². The Morgan fingerprint density at radius 3 is 2.71 bits per heavy atom. The molecule has 0 bridgehead atoms. The molecule has 0 amide bonds. The summed E-state index contributed by atoms with van der Waals surface area (Å²) < 4.78 is 2.83. The first-order chi connectivity index (χ1) is 9.85. The molecule has 2 heterocycles. The monoisotopic (exact) mass is 312 g/mol. The molecule has 9 heteroatoms. The average Bonchev–Trinajstić information content (AvgIpc) is 2.95. The molecule has 0 aliphatic carbocycles. The summed E-state index contributed by atoms with van der Waals surface area (Å²) in [6.45, 7) is 2.00. The average molecular weight is 313 g/mol. The van der Waals surface area contributed by atoms with E-state index in [-0.39, 0.29) is 17.9 Å². The van der Waals surface area contributed by atoms with Gasteiger partial charge in [0.25, 0.3) is 5.69 Å². The summed E-state index contributed by atoms with van der Waals surface area (Å²) in [4.78, 5) is 21.3. The number of carbonyl (C=O) groups is 1. The van der Waals surface area contributed by atoms with Crippen LogP contribution < -0.4 is 0 Å². The molecular formula is C12H13ClN4O4. The molecule has 2 aromatic rings. The highest BCUT2D eigenvalue weighted by Gasteiger charge is 2.21. The van der Waals surface area contributed by atoms with Gasteiger partial charge in [0.05, 0.1) is 34.1 Å². The van der Waals surface area contributed by atoms with Crippen LogP contribution in [-0.2, 0) is 20.0 Å². The van der Waals surface area contributed by atoms with Gasteiger partial charge in [-0.15, -0.1) is 0 Å². The van der Waals surface area contributed by atoms with Gasteiger partial charge in [-0.05, 0) is 6.42 Å². The van der Waals surface area contributed by atoms with Crippen molar-refractivity contribution < 1.29 is 14.8 Å². The molecule has 0 aromatic carbocycles. The second kappa shape index (κ2) is 5.57. The van der Waals surface area contributed by atoms with Crippen LogP contribution in [0.25, 0.3) is 0 Å². The Labute approximate surface area is 124 Å². The van der Waals surface area contributed by atoms with E-state index in [2.05, 4.69) is 5.10 Å². The van der Waals surface area contributed by atoms with E-state index >= 15 is 0 Å². The Kier molecular flexibility index (Phi) is 3.99. The standard InChI is InChI=1S/C12H13ClN4O4/c1-3-8-11(13)10(15(2)14-8)6-16-5-7(17(20)21)4-9(16)12(18)19/h4-5H,3,6H2,1-2H3,(H,18,19). The number of aromatic carboxylic acids is 1. The zero-order valence-electron chi connectivity index (χ0n) is 11.4. The first-order valence-electron chi connectivity index (χ1n) is 6.13. The van der Waals surface area contributed by atoms with Crippen LogP contribution in [0, 0.1) is 10.1 Å². The molecule has 112 valence electrons. The lowest BCUT2D eigenvalue weighted by Crippen LogP contribution is -2.11. The topological polar surface area (TPSA) is 103 Å². The number of aryl methyl sites for hydroxylation is 2. The highest BCUT2D eigenvalue weighted by Crippen LogP contribution is 2.24. The Bertz CT molecular complexity index is 719. The second-order valence-corrected chi connectivity index (χ2v) is 4.84. The summed E-state index contributed by atoms with van der Waals surface area (Å²) >= 11 is 6.20. The number of rotatable bonds is 5. The van der Waals surface area contributed by atoms with Gasteiger partial charge < -0.3 is 9.67 Å². The normalized spacial score (nSPS) is 10.8. The van der Waals surface area contributed by atoms with Crippen molar-refractivity contribution in [2.24, 2.45) is 7.05 Å². The summed E-state index contributed by atoms with van der Waals surface area (Å²) in [5, 5.41) is 24.6. The summed E-state index contributed by atoms with van der Waals surface area (Å²) in [7, 11) is 1.69. The SMILES string of the molecule is CCc1nn(C)c(Cn2cc([N+](=O)[O-])cc2C(=O)O)c1Cl. The largest absolute Gasteiger partial charge is 0.477 e. The quantitative estimate of drug-likeness (QED) is 0.672. The fourth-order valence-electron chi connectivity index (χ4n) is 2.06. The fraction of sp³-hybridized carbons (Fsp3) is 0.333. The van der Waals surface area contributed by atoms with Crippen molar-refractivity contribution in [3.05, 3.63) is 44.5 Å². The number of nitro groups is 1. The Morgan fingerprint density at radius 2 is 2.24 bits per heavy atom. The summed E-state index contributed by atoms with van der Waals surface area (Å²) in [5.41, 5.74) is 0.854. The predicted octanol–water partition coefficient (Wildman–Crippen LogP) is 2.09. The predicted molar refractivity (Wildman–Crippen MR) is 74.7 cm³/mol. The van der Waals surface area contributed by atoms with Crippen LogP contribution in [0.3, 0.4) is 0 Å². The van der Waals surface area contributed by atoms with E-state index in [9.17, 15) is 14.9 Å². The minimum absolute atomic E-state index is 0.0950. The van der Waals surface area contributed by atoms with Crippen LogP contribution in [0.15, 0.2) is 12.3 Å². The van der Waals surface area contributed by atoms with Gasteiger partial charge in [0, 0.05) is 13.1 Å². The lowest BCUT2D eigenvalue weighted by Gasteiger charge is -2.06. The maximum Gasteiger partial charge on any atom is 0.352 e. The van der Waals surface area contributed by atoms with Crippen LogP contribution in [0.2, 0.25) is 5.02 Å². The second-order valence-electron chi connectivity index (χ2n) is 4.46. The molecule has 0 spiro atoms. The van der Waals surface area contributed by atoms with Crippen molar-refractivity contribution in [1.29, 1.82) is 0 Å². The Balaban J connectivity index is 2.46. The molecule has 8 nitrogen and oxygen atoms in total. The molecule has 2 rings (SSSR count). The molecule has 0 fully saturated rings. The summed E-state index contributed by atoms with van der Waals surface area (Å²) in [6.07, 6.45) is 1.82. The third kappa shape index (κ3) is 2.75. The van der Waals surface area contributed by atoms with Gasteiger partial charge in [0.15, 0.2) is 0 Å². The number of nitrogens with zero attached hydrogens (tertiary/aromatic N) is 4. The molecule has 0 saturated carbocycles. The van der Waals surface area contributed by atoms with Crippen molar-refractivity contribution in [3.63, 3.8) is 0 Å². The number of carboxylic acid groups (broad SMARTS) is 1. The zero-order chi connectivity index (χ0) is 15.7. The molecule has 21 heavy (non-hydrogen) atoms. The van der Waals surface area contributed by atoms with Crippen molar-refractivity contribution in [1.82, 2.24) is 14.3 Å². The molecule has 0 atom stereocenters. The molecule has 0 aliphatic rings. The van der Waals surface area contributed by atoms with Crippen LogP contribution in [0.5, 0.6) is 0 Å². The number of hydrogen-bond acceptors (Lipinski definition) is 4. The number of halogens is 1. The van der Waals surface area contributed by atoms with E-state index in [1.807, 2.05) is 6.92 Å². The van der Waals surface area contributed by atoms with E-state index in [0.717, 1.165) is 6.07 Å². The first kappa shape index (κ1) is 15.0. The van der Waals surface area contributed by atoms with Crippen LogP contribution in [-0.4, -0.2) is 30.3 Å². The summed E-state index contributed by atoms with van der Waals surface area (Å²) in [5.74, 6) is -1.24. The van der Waals surface area contributed by atoms with Gasteiger partial charge in [0.2, 0.25) is 0 Å². The van der Waals surface area contributed by atoms with Gasteiger partial charge in [-0.1, -0.05) is 18.5 Å². The van der Waals surface area contributed by atoms with Gasteiger partial charge in [-0.25, -0.2) is 4.79 Å². The molecule has 0 unspecified atom stereocenters. The third-order valence-corrected chi connectivity index (χ3v) is 3.57. The van der Waals surface area contributed by atoms with Crippen LogP contribution >= 0.6 is 11.6 Å². The minimum atomic E-state index is -1.24. The van der Waals surface area contributed by atoms with E-state index in [0.29, 0.717) is 22.8 Å². The van der Waals surface area contributed by atoms with Crippen molar-refractivity contribution in [2.45, 2.75) is 19.9 Å². The third-order valence-electron chi connectivity index (χ3n) is 3.14. The van der Waals surface area contributed by atoms with E-state index in [4.69, 9.17) is 16.7 Å². The number of aromatic nitrogens is 3. The molecule has 0 aliphatic heterocycles. The Hall–Kier alpha value is -2.35.